The number of carbonyl (C=O) groups excluding carboxylic acids is 1. The molecule has 0 aliphatic carbocycles. The maximum Gasteiger partial charge on any atom is 0.238 e. The highest BCUT2D eigenvalue weighted by Gasteiger charge is 2.02. The van der Waals surface area contributed by atoms with Gasteiger partial charge in [-0.1, -0.05) is 19.1 Å². The summed E-state index contributed by atoms with van der Waals surface area (Å²) in [6.07, 6.45) is 0. The van der Waals surface area contributed by atoms with Gasteiger partial charge in [-0.05, 0) is 38.2 Å². The van der Waals surface area contributed by atoms with E-state index in [9.17, 15) is 4.79 Å². The van der Waals surface area contributed by atoms with E-state index >= 15 is 0 Å². The standard InChI is InChI=1S/C14H23N3O/c1-4-17(3)9-8-15-11-14(18)16-13-7-5-6-12(2)10-13/h5-7,10,15H,4,8-9,11H2,1-3H3,(H,16,18). The molecule has 0 aliphatic heterocycles. The molecular weight excluding hydrogens is 226 g/mol. The molecule has 0 spiro atoms. The number of carbonyl (C=O) groups is 1. The van der Waals surface area contributed by atoms with Crippen LogP contribution in [-0.2, 0) is 4.79 Å². The van der Waals surface area contributed by atoms with Crippen molar-refractivity contribution in [1.82, 2.24) is 10.2 Å². The summed E-state index contributed by atoms with van der Waals surface area (Å²) in [6.45, 7) is 7.28. The highest BCUT2D eigenvalue weighted by Crippen LogP contribution is 2.08. The SMILES string of the molecule is CCN(C)CCNCC(=O)Nc1cccc(C)c1. The molecule has 0 atom stereocenters. The van der Waals surface area contributed by atoms with E-state index in [1.165, 1.54) is 0 Å². The molecule has 4 heteroatoms. The van der Waals surface area contributed by atoms with Crippen molar-refractivity contribution >= 4 is 11.6 Å². The molecule has 0 bridgehead atoms. The van der Waals surface area contributed by atoms with Gasteiger partial charge in [-0.15, -0.1) is 0 Å². The van der Waals surface area contributed by atoms with Gasteiger partial charge in [0.2, 0.25) is 5.91 Å². The second-order valence-electron chi connectivity index (χ2n) is 4.49. The largest absolute Gasteiger partial charge is 0.325 e. The Morgan fingerprint density at radius 1 is 1.39 bits per heavy atom. The number of nitrogens with zero attached hydrogens (tertiary/aromatic N) is 1. The van der Waals surface area contributed by atoms with Crippen molar-refractivity contribution in [2.24, 2.45) is 0 Å². The van der Waals surface area contributed by atoms with E-state index in [2.05, 4.69) is 29.5 Å². The topological polar surface area (TPSA) is 44.4 Å². The van der Waals surface area contributed by atoms with Crippen LogP contribution in [0.15, 0.2) is 24.3 Å². The van der Waals surface area contributed by atoms with Gasteiger partial charge in [0.25, 0.3) is 0 Å². The average molecular weight is 249 g/mol. The number of nitrogens with one attached hydrogen (secondary N) is 2. The highest BCUT2D eigenvalue weighted by atomic mass is 16.1. The number of hydrogen-bond donors (Lipinski definition) is 2. The third-order valence-corrected chi connectivity index (χ3v) is 2.80. The second-order valence-corrected chi connectivity index (χ2v) is 4.49. The van der Waals surface area contributed by atoms with Gasteiger partial charge in [0.15, 0.2) is 0 Å². The molecule has 0 saturated heterocycles. The molecule has 0 fully saturated rings. The molecule has 100 valence electrons. The summed E-state index contributed by atoms with van der Waals surface area (Å²) in [5.74, 6) is -0.000230. The van der Waals surface area contributed by atoms with E-state index in [0.717, 1.165) is 30.9 Å². The molecule has 0 unspecified atom stereocenters. The summed E-state index contributed by atoms with van der Waals surface area (Å²) in [4.78, 5) is 13.9. The summed E-state index contributed by atoms with van der Waals surface area (Å²) in [7, 11) is 2.06. The van der Waals surface area contributed by atoms with E-state index < -0.39 is 0 Å². The van der Waals surface area contributed by atoms with Crippen LogP contribution in [0.5, 0.6) is 0 Å². The van der Waals surface area contributed by atoms with Crippen LogP contribution in [0.2, 0.25) is 0 Å². The fraction of sp³-hybridized carbons (Fsp3) is 0.500. The smallest absolute Gasteiger partial charge is 0.238 e. The van der Waals surface area contributed by atoms with Crippen LogP contribution in [0.25, 0.3) is 0 Å². The fourth-order valence-corrected chi connectivity index (χ4v) is 1.56. The maximum absolute atomic E-state index is 11.7. The van der Waals surface area contributed by atoms with Crippen LogP contribution in [0.1, 0.15) is 12.5 Å². The molecule has 0 saturated carbocycles. The third kappa shape index (κ3) is 5.80. The van der Waals surface area contributed by atoms with Gasteiger partial charge in [0.1, 0.15) is 0 Å². The zero-order chi connectivity index (χ0) is 13.4. The predicted molar refractivity (Wildman–Crippen MR) is 75.8 cm³/mol. The van der Waals surface area contributed by atoms with Crippen LogP contribution in [0, 0.1) is 6.92 Å². The first-order valence-electron chi connectivity index (χ1n) is 6.37. The first-order valence-corrected chi connectivity index (χ1v) is 6.37. The minimum atomic E-state index is -0.000230. The lowest BCUT2D eigenvalue weighted by atomic mass is 10.2. The molecule has 0 aromatic heterocycles. The maximum atomic E-state index is 11.7. The van der Waals surface area contributed by atoms with Crippen molar-refractivity contribution in [3.63, 3.8) is 0 Å². The number of benzene rings is 1. The van der Waals surface area contributed by atoms with Crippen LogP contribution in [0.3, 0.4) is 0 Å². The molecule has 0 aliphatic rings. The van der Waals surface area contributed by atoms with E-state index in [1.54, 1.807) is 0 Å². The molecule has 1 amide bonds. The van der Waals surface area contributed by atoms with Crippen LogP contribution < -0.4 is 10.6 Å². The molecule has 4 nitrogen and oxygen atoms in total. The minimum absolute atomic E-state index is 0.000230. The van der Waals surface area contributed by atoms with Gasteiger partial charge in [-0.25, -0.2) is 0 Å². The normalized spacial score (nSPS) is 10.7. The number of rotatable bonds is 7. The molecular formula is C14H23N3O. The van der Waals surface area contributed by atoms with Crippen molar-refractivity contribution in [1.29, 1.82) is 0 Å². The average Bonchev–Trinajstić information content (AvgIpc) is 2.34. The van der Waals surface area contributed by atoms with Gasteiger partial charge in [-0.2, -0.15) is 0 Å². The summed E-state index contributed by atoms with van der Waals surface area (Å²) in [5.41, 5.74) is 2.00. The van der Waals surface area contributed by atoms with Crippen molar-refractivity contribution in [3.8, 4) is 0 Å². The number of likely N-dealkylation sites (N-methyl/N-ethyl adjacent to an activating group) is 1. The lowest BCUT2D eigenvalue weighted by Crippen LogP contribution is -2.34. The summed E-state index contributed by atoms with van der Waals surface area (Å²) >= 11 is 0. The first-order chi connectivity index (χ1) is 8.61. The van der Waals surface area contributed by atoms with Gasteiger partial charge < -0.3 is 15.5 Å². The third-order valence-electron chi connectivity index (χ3n) is 2.80. The number of anilines is 1. The van der Waals surface area contributed by atoms with Gasteiger partial charge in [0, 0.05) is 18.8 Å². The second kappa shape index (κ2) is 7.84. The van der Waals surface area contributed by atoms with E-state index in [1.807, 2.05) is 31.2 Å². The molecule has 0 heterocycles. The van der Waals surface area contributed by atoms with Crippen molar-refractivity contribution in [2.75, 3.05) is 38.5 Å². The van der Waals surface area contributed by atoms with E-state index in [0.29, 0.717) is 6.54 Å². The molecule has 2 N–H and O–H groups in total. The molecule has 1 aromatic rings. The monoisotopic (exact) mass is 249 g/mol. The Bertz CT molecular complexity index is 379. The summed E-state index contributed by atoms with van der Waals surface area (Å²) in [5, 5.41) is 6.00. The Balaban J connectivity index is 2.22. The number of amides is 1. The minimum Gasteiger partial charge on any atom is -0.325 e. The van der Waals surface area contributed by atoms with E-state index in [4.69, 9.17) is 0 Å². The van der Waals surface area contributed by atoms with Gasteiger partial charge in [-0.3, -0.25) is 4.79 Å². The highest BCUT2D eigenvalue weighted by molar-refractivity contribution is 5.92. The zero-order valence-electron chi connectivity index (χ0n) is 11.5. The van der Waals surface area contributed by atoms with Gasteiger partial charge in [0.05, 0.1) is 6.54 Å². The molecule has 1 rings (SSSR count). The van der Waals surface area contributed by atoms with Crippen molar-refractivity contribution in [3.05, 3.63) is 29.8 Å². The summed E-state index contributed by atoms with van der Waals surface area (Å²) < 4.78 is 0. The quantitative estimate of drug-likeness (QED) is 0.719. The predicted octanol–water partition coefficient (Wildman–Crippen LogP) is 1.47. The fourth-order valence-electron chi connectivity index (χ4n) is 1.56. The van der Waals surface area contributed by atoms with Crippen molar-refractivity contribution in [2.45, 2.75) is 13.8 Å². The molecule has 1 aromatic carbocycles. The zero-order valence-corrected chi connectivity index (χ0v) is 11.5. The number of hydrogen-bond acceptors (Lipinski definition) is 3. The Labute approximate surface area is 109 Å². The lowest BCUT2D eigenvalue weighted by molar-refractivity contribution is -0.115. The Hall–Kier alpha value is -1.39. The Morgan fingerprint density at radius 2 is 2.17 bits per heavy atom. The molecule has 18 heavy (non-hydrogen) atoms. The van der Waals surface area contributed by atoms with Crippen molar-refractivity contribution < 1.29 is 4.79 Å². The van der Waals surface area contributed by atoms with Gasteiger partial charge >= 0.3 is 0 Å². The molecule has 0 radical (unpaired) electrons. The van der Waals surface area contributed by atoms with Crippen LogP contribution >= 0.6 is 0 Å². The van der Waals surface area contributed by atoms with E-state index in [-0.39, 0.29) is 5.91 Å². The number of aryl methyl sites for hydroxylation is 1. The Kier molecular flexibility index (Phi) is 6.39. The lowest BCUT2D eigenvalue weighted by Gasteiger charge is -2.13. The summed E-state index contributed by atoms with van der Waals surface area (Å²) in [6, 6.07) is 7.81. The Morgan fingerprint density at radius 3 is 2.83 bits per heavy atom. The van der Waals surface area contributed by atoms with Crippen LogP contribution in [0.4, 0.5) is 5.69 Å². The first kappa shape index (κ1) is 14.7. The van der Waals surface area contributed by atoms with Crippen LogP contribution in [-0.4, -0.2) is 44.0 Å².